The summed E-state index contributed by atoms with van der Waals surface area (Å²) in [4.78, 5) is 22.6. The standard InChI is InChI=1S/C14H19NO3/c1-8(2)12(16)7-18-13-9(3)5-11(14(15)17)6-10(13)4/h5-6,8H,7H2,1-4H3,(H2,15,17). The zero-order chi connectivity index (χ0) is 13.9. The highest BCUT2D eigenvalue weighted by Gasteiger charge is 2.12. The van der Waals surface area contributed by atoms with Gasteiger partial charge in [-0.2, -0.15) is 0 Å². The Labute approximate surface area is 107 Å². The highest BCUT2D eigenvalue weighted by atomic mass is 16.5. The van der Waals surface area contributed by atoms with Crippen LogP contribution in [0.1, 0.15) is 35.3 Å². The van der Waals surface area contributed by atoms with Gasteiger partial charge in [-0.1, -0.05) is 13.8 Å². The summed E-state index contributed by atoms with van der Waals surface area (Å²) >= 11 is 0. The van der Waals surface area contributed by atoms with E-state index in [-0.39, 0.29) is 18.3 Å². The Bertz CT molecular complexity index is 455. The van der Waals surface area contributed by atoms with E-state index in [1.54, 1.807) is 12.1 Å². The predicted octanol–water partition coefficient (Wildman–Crippen LogP) is 2.01. The average molecular weight is 249 g/mol. The van der Waals surface area contributed by atoms with E-state index in [1.807, 2.05) is 27.7 Å². The van der Waals surface area contributed by atoms with Gasteiger partial charge >= 0.3 is 0 Å². The van der Waals surface area contributed by atoms with Crippen LogP contribution in [-0.4, -0.2) is 18.3 Å². The van der Waals surface area contributed by atoms with Crippen LogP contribution in [0, 0.1) is 19.8 Å². The van der Waals surface area contributed by atoms with Crippen molar-refractivity contribution in [2.75, 3.05) is 6.61 Å². The molecular formula is C14H19NO3. The van der Waals surface area contributed by atoms with E-state index in [1.165, 1.54) is 0 Å². The second kappa shape index (κ2) is 5.67. The van der Waals surface area contributed by atoms with Crippen molar-refractivity contribution in [3.8, 4) is 5.75 Å². The maximum Gasteiger partial charge on any atom is 0.248 e. The van der Waals surface area contributed by atoms with Crippen LogP contribution in [0.2, 0.25) is 0 Å². The third-order valence-corrected chi connectivity index (χ3v) is 2.75. The Balaban J connectivity index is 2.91. The maximum atomic E-state index is 11.5. The predicted molar refractivity (Wildman–Crippen MR) is 69.8 cm³/mol. The molecule has 0 unspecified atom stereocenters. The fourth-order valence-corrected chi connectivity index (χ4v) is 1.63. The molecule has 0 heterocycles. The molecule has 0 atom stereocenters. The lowest BCUT2D eigenvalue weighted by atomic mass is 10.1. The molecule has 98 valence electrons. The minimum atomic E-state index is -0.467. The molecule has 2 N–H and O–H groups in total. The number of nitrogens with two attached hydrogens (primary N) is 1. The Morgan fingerprint density at radius 2 is 1.72 bits per heavy atom. The third-order valence-electron chi connectivity index (χ3n) is 2.75. The molecule has 1 aromatic carbocycles. The topological polar surface area (TPSA) is 69.4 Å². The molecule has 1 rings (SSSR count). The van der Waals surface area contributed by atoms with Crippen LogP contribution < -0.4 is 10.5 Å². The van der Waals surface area contributed by atoms with Crippen molar-refractivity contribution in [1.82, 2.24) is 0 Å². The fraction of sp³-hybridized carbons (Fsp3) is 0.429. The van der Waals surface area contributed by atoms with Crippen LogP contribution in [0.25, 0.3) is 0 Å². The largest absolute Gasteiger partial charge is 0.485 e. The Morgan fingerprint density at radius 3 is 2.11 bits per heavy atom. The van der Waals surface area contributed by atoms with Gasteiger partial charge in [-0.25, -0.2) is 0 Å². The number of benzene rings is 1. The molecule has 0 aliphatic carbocycles. The molecule has 0 bridgehead atoms. The van der Waals surface area contributed by atoms with E-state index < -0.39 is 5.91 Å². The van der Waals surface area contributed by atoms with Crippen molar-refractivity contribution >= 4 is 11.7 Å². The molecule has 1 aromatic rings. The summed E-state index contributed by atoms with van der Waals surface area (Å²) in [6.45, 7) is 7.38. The Kier molecular flexibility index (Phi) is 4.48. The molecule has 0 spiro atoms. The van der Waals surface area contributed by atoms with Crippen LogP contribution >= 0.6 is 0 Å². The van der Waals surface area contributed by atoms with Crippen LogP contribution in [0.3, 0.4) is 0 Å². The minimum absolute atomic E-state index is 0.0458. The second-order valence-corrected chi connectivity index (χ2v) is 4.71. The Hall–Kier alpha value is -1.84. The van der Waals surface area contributed by atoms with Crippen molar-refractivity contribution in [2.45, 2.75) is 27.7 Å². The van der Waals surface area contributed by atoms with E-state index in [9.17, 15) is 9.59 Å². The van der Waals surface area contributed by atoms with Crippen molar-refractivity contribution in [2.24, 2.45) is 11.7 Å². The molecule has 0 aliphatic rings. The summed E-state index contributed by atoms with van der Waals surface area (Å²) in [6.07, 6.45) is 0. The van der Waals surface area contributed by atoms with Gasteiger partial charge in [-0.15, -0.1) is 0 Å². The number of amides is 1. The number of rotatable bonds is 5. The molecule has 4 heteroatoms. The molecule has 4 nitrogen and oxygen atoms in total. The number of primary amides is 1. The first-order chi connectivity index (χ1) is 8.32. The first-order valence-corrected chi connectivity index (χ1v) is 5.89. The molecule has 0 fully saturated rings. The van der Waals surface area contributed by atoms with Gasteiger partial charge < -0.3 is 10.5 Å². The summed E-state index contributed by atoms with van der Waals surface area (Å²) in [7, 11) is 0. The number of ketones is 1. The number of Topliss-reactive ketones (excluding diaryl/α,β-unsaturated/α-hetero) is 1. The van der Waals surface area contributed by atoms with Crippen LogP contribution in [0.4, 0.5) is 0 Å². The van der Waals surface area contributed by atoms with E-state index >= 15 is 0 Å². The normalized spacial score (nSPS) is 10.5. The van der Waals surface area contributed by atoms with Crippen molar-refractivity contribution in [1.29, 1.82) is 0 Å². The molecule has 0 radical (unpaired) electrons. The van der Waals surface area contributed by atoms with Gasteiger partial charge in [0.1, 0.15) is 12.4 Å². The lowest BCUT2D eigenvalue weighted by molar-refractivity contribution is -0.123. The van der Waals surface area contributed by atoms with Gasteiger partial charge in [0.05, 0.1) is 0 Å². The van der Waals surface area contributed by atoms with Gasteiger partial charge in [0.25, 0.3) is 0 Å². The number of aryl methyl sites for hydroxylation is 2. The summed E-state index contributed by atoms with van der Waals surface area (Å²) < 4.78 is 5.52. The fourth-order valence-electron chi connectivity index (χ4n) is 1.63. The quantitative estimate of drug-likeness (QED) is 0.867. The summed E-state index contributed by atoms with van der Waals surface area (Å²) in [5.74, 6) is 0.184. The molecule has 0 aliphatic heterocycles. The van der Waals surface area contributed by atoms with Crippen molar-refractivity contribution in [3.05, 3.63) is 28.8 Å². The van der Waals surface area contributed by atoms with Gasteiger partial charge in [0.15, 0.2) is 5.78 Å². The van der Waals surface area contributed by atoms with E-state index in [0.29, 0.717) is 11.3 Å². The first-order valence-electron chi connectivity index (χ1n) is 5.89. The molecule has 0 aromatic heterocycles. The highest BCUT2D eigenvalue weighted by molar-refractivity contribution is 5.93. The molecular weight excluding hydrogens is 230 g/mol. The van der Waals surface area contributed by atoms with Crippen LogP contribution in [-0.2, 0) is 4.79 Å². The number of ether oxygens (including phenoxy) is 1. The van der Waals surface area contributed by atoms with Crippen LogP contribution in [0.15, 0.2) is 12.1 Å². The number of hydrogen-bond donors (Lipinski definition) is 1. The number of hydrogen-bond acceptors (Lipinski definition) is 3. The third kappa shape index (κ3) is 3.32. The van der Waals surface area contributed by atoms with Gasteiger partial charge in [-0.05, 0) is 37.1 Å². The number of carbonyl (C=O) groups is 2. The lowest BCUT2D eigenvalue weighted by Crippen LogP contribution is -2.18. The second-order valence-electron chi connectivity index (χ2n) is 4.71. The van der Waals surface area contributed by atoms with Gasteiger partial charge in [0, 0.05) is 11.5 Å². The molecule has 0 saturated heterocycles. The summed E-state index contributed by atoms with van der Waals surface area (Å²) in [5.41, 5.74) is 7.29. The van der Waals surface area contributed by atoms with E-state index in [4.69, 9.17) is 10.5 Å². The summed E-state index contributed by atoms with van der Waals surface area (Å²) in [5, 5.41) is 0. The summed E-state index contributed by atoms with van der Waals surface area (Å²) in [6, 6.07) is 3.34. The molecule has 1 amide bonds. The van der Waals surface area contributed by atoms with Gasteiger partial charge in [-0.3, -0.25) is 9.59 Å². The SMILES string of the molecule is Cc1cc(C(N)=O)cc(C)c1OCC(=O)C(C)C. The zero-order valence-corrected chi connectivity index (χ0v) is 11.2. The average Bonchev–Trinajstić information content (AvgIpc) is 2.26. The lowest BCUT2D eigenvalue weighted by Gasteiger charge is -2.13. The minimum Gasteiger partial charge on any atom is -0.485 e. The monoisotopic (exact) mass is 249 g/mol. The zero-order valence-electron chi connectivity index (χ0n) is 11.2. The first kappa shape index (κ1) is 14.2. The maximum absolute atomic E-state index is 11.5. The van der Waals surface area contributed by atoms with E-state index in [0.717, 1.165) is 11.1 Å². The number of carbonyl (C=O) groups excluding carboxylic acids is 2. The highest BCUT2D eigenvalue weighted by Crippen LogP contribution is 2.24. The van der Waals surface area contributed by atoms with Crippen LogP contribution in [0.5, 0.6) is 5.75 Å². The van der Waals surface area contributed by atoms with Crippen molar-refractivity contribution < 1.29 is 14.3 Å². The molecule has 18 heavy (non-hydrogen) atoms. The smallest absolute Gasteiger partial charge is 0.248 e. The van der Waals surface area contributed by atoms with E-state index in [2.05, 4.69) is 0 Å². The molecule has 0 saturated carbocycles. The van der Waals surface area contributed by atoms with Crippen molar-refractivity contribution in [3.63, 3.8) is 0 Å². The van der Waals surface area contributed by atoms with Gasteiger partial charge in [0.2, 0.25) is 5.91 Å². The Morgan fingerprint density at radius 1 is 1.22 bits per heavy atom.